The molecule has 0 saturated carbocycles. The van der Waals surface area contributed by atoms with Crippen molar-refractivity contribution in [2.24, 2.45) is 0 Å². The summed E-state index contributed by atoms with van der Waals surface area (Å²) in [6, 6.07) is 13.4. The van der Waals surface area contributed by atoms with Crippen LogP contribution in [-0.4, -0.2) is 28.8 Å². The molecule has 0 amide bonds. The smallest absolute Gasteiger partial charge is 0.276 e. The van der Waals surface area contributed by atoms with Crippen molar-refractivity contribution in [3.8, 4) is 22.9 Å². The van der Waals surface area contributed by atoms with Crippen LogP contribution in [0.4, 0.5) is 0 Å². The molecule has 7 heteroatoms. The van der Waals surface area contributed by atoms with E-state index in [2.05, 4.69) is 10.2 Å². The maximum Gasteiger partial charge on any atom is 0.276 e. The second kappa shape index (κ2) is 6.85. The molecule has 2 heterocycles. The number of thiazole rings is 1. The van der Waals surface area contributed by atoms with Crippen LogP contribution >= 0.6 is 11.3 Å². The zero-order chi connectivity index (χ0) is 19.0. The van der Waals surface area contributed by atoms with Gasteiger partial charge in [-0.3, -0.25) is 4.79 Å². The van der Waals surface area contributed by atoms with E-state index in [1.165, 1.54) is 11.3 Å². The van der Waals surface area contributed by atoms with Crippen molar-refractivity contribution in [1.82, 2.24) is 14.6 Å². The van der Waals surface area contributed by atoms with Gasteiger partial charge in [-0.1, -0.05) is 53.3 Å². The number of benzene rings is 2. The first-order valence-electron chi connectivity index (χ1n) is 8.30. The Labute approximate surface area is 159 Å². The van der Waals surface area contributed by atoms with E-state index in [0.29, 0.717) is 26.8 Å². The number of nitrogens with zero attached hydrogens (tertiary/aromatic N) is 3. The largest absolute Gasteiger partial charge is 0.493 e. The molecule has 4 aromatic rings. The van der Waals surface area contributed by atoms with Gasteiger partial charge in [0.15, 0.2) is 17.3 Å². The third-order valence-corrected chi connectivity index (χ3v) is 5.24. The predicted molar refractivity (Wildman–Crippen MR) is 106 cm³/mol. The van der Waals surface area contributed by atoms with E-state index in [1.54, 1.807) is 24.7 Å². The van der Waals surface area contributed by atoms with Crippen LogP contribution in [0.5, 0.6) is 11.5 Å². The molecule has 0 saturated heterocycles. The van der Waals surface area contributed by atoms with E-state index < -0.39 is 0 Å². The van der Waals surface area contributed by atoms with Crippen molar-refractivity contribution in [3.05, 3.63) is 68.5 Å². The lowest BCUT2D eigenvalue weighted by Gasteiger charge is -2.09. The maximum atomic E-state index is 13.0. The lowest BCUT2D eigenvalue weighted by Crippen LogP contribution is -2.23. The Morgan fingerprint density at radius 1 is 1.04 bits per heavy atom. The van der Waals surface area contributed by atoms with Gasteiger partial charge in [0, 0.05) is 11.1 Å². The van der Waals surface area contributed by atoms with E-state index in [9.17, 15) is 4.79 Å². The Morgan fingerprint density at radius 2 is 1.81 bits per heavy atom. The molecular weight excluding hydrogens is 362 g/mol. The average molecular weight is 379 g/mol. The predicted octanol–water partition coefficient (Wildman–Crippen LogP) is 2.69. The summed E-state index contributed by atoms with van der Waals surface area (Å²) >= 11 is 1.29. The number of hydrogen-bond donors (Lipinski definition) is 0. The van der Waals surface area contributed by atoms with Gasteiger partial charge in [-0.25, -0.2) is 4.40 Å². The summed E-state index contributed by atoms with van der Waals surface area (Å²) in [7, 11) is 3.16. The van der Waals surface area contributed by atoms with Crippen molar-refractivity contribution in [2.45, 2.75) is 6.92 Å². The summed E-state index contributed by atoms with van der Waals surface area (Å²) in [5.41, 5.74) is 2.61. The van der Waals surface area contributed by atoms with Crippen molar-refractivity contribution in [2.75, 3.05) is 14.2 Å². The van der Waals surface area contributed by atoms with Crippen LogP contribution in [0.1, 0.15) is 11.1 Å². The number of methoxy groups -OCH3 is 2. The number of fused-ring (bicyclic) bond motifs is 1. The molecule has 0 fully saturated rings. The van der Waals surface area contributed by atoms with Crippen LogP contribution < -0.4 is 19.6 Å². The normalized spacial score (nSPS) is 11.9. The Hall–Kier alpha value is -3.19. The minimum Gasteiger partial charge on any atom is -0.493 e. The van der Waals surface area contributed by atoms with Crippen molar-refractivity contribution >= 4 is 22.4 Å². The standard InChI is InChI=1S/C20H17N3O3S/c1-12-7-9-13(10-8-12)18-21-22-20-23(18)19(24)16(27-20)11-14-5-4-6-15(25-2)17(14)26-3/h4-11H,1-3H3. The van der Waals surface area contributed by atoms with Gasteiger partial charge < -0.3 is 9.47 Å². The first-order chi connectivity index (χ1) is 13.1. The van der Waals surface area contributed by atoms with E-state index in [1.807, 2.05) is 49.4 Å². The van der Waals surface area contributed by atoms with E-state index in [-0.39, 0.29) is 5.56 Å². The highest BCUT2D eigenvalue weighted by Crippen LogP contribution is 2.31. The first-order valence-corrected chi connectivity index (χ1v) is 9.11. The summed E-state index contributed by atoms with van der Waals surface area (Å²) < 4.78 is 12.9. The van der Waals surface area contributed by atoms with Crippen LogP contribution in [0.2, 0.25) is 0 Å². The van der Waals surface area contributed by atoms with Crippen molar-refractivity contribution in [1.29, 1.82) is 0 Å². The number of para-hydroxylation sites is 1. The summed E-state index contributed by atoms with van der Waals surface area (Å²) in [5, 5.41) is 8.36. The molecule has 0 unspecified atom stereocenters. The third-order valence-electron chi connectivity index (χ3n) is 4.28. The fourth-order valence-corrected chi connectivity index (χ4v) is 3.82. The average Bonchev–Trinajstić information content (AvgIpc) is 3.23. The Morgan fingerprint density at radius 3 is 2.52 bits per heavy atom. The van der Waals surface area contributed by atoms with Gasteiger partial charge in [-0.15, -0.1) is 10.2 Å². The summed E-state index contributed by atoms with van der Waals surface area (Å²) in [4.78, 5) is 13.6. The van der Waals surface area contributed by atoms with Crippen molar-refractivity contribution in [3.63, 3.8) is 0 Å². The quantitative estimate of drug-likeness (QED) is 0.545. The van der Waals surface area contributed by atoms with Gasteiger partial charge in [0.05, 0.1) is 18.8 Å². The van der Waals surface area contributed by atoms with Gasteiger partial charge in [-0.05, 0) is 19.1 Å². The first kappa shape index (κ1) is 17.2. The Kier molecular flexibility index (Phi) is 4.37. The number of rotatable bonds is 4. The monoisotopic (exact) mass is 379 g/mol. The van der Waals surface area contributed by atoms with Crippen LogP contribution in [0, 0.1) is 6.92 Å². The van der Waals surface area contributed by atoms with Crippen LogP contribution in [0.15, 0.2) is 47.3 Å². The lowest BCUT2D eigenvalue weighted by molar-refractivity contribution is 0.354. The maximum absolute atomic E-state index is 13.0. The van der Waals surface area contributed by atoms with Gasteiger partial charge in [0.1, 0.15) is 0 Å². The molecule has 136 valence electrons. The number of aryl methyl sites for hydroxylation is 1. The molecule has 0 aliphatic rings. The summed E-state index contributed by atoms with van der Waals surface area (Å²) in [6.07, 6.45) is 1.79. The second-order valence-electron chi connectivity index (χ2n) is 6.01. The molecule has 0 atom stereocenters. The minimum absolute atomic E-state index is 0.152. The molecular formula is C20H17N3O3S. The summed E-state index contributed by atoms with van der Waals surface area (Å²) in [6.45, 7) is 2.02. The molecule has 0 bridgehead atoms. The molecule has 2 aromatic heterocycles. The zero-order valence-corrected chi connectivity index (χ0v) is 15.9. The molecule has 0 N–H and O–H groups in total. The second-order valence-corrected chi connectivity index (χ2v) is 7.02. The molecule has 2 aromatic carbocycles. The van der Waals surface area contributed by atoms with Crippen LogP contribution in [0.3, 0.4) is 0 Å². The number of ether oxygens (including phenoxy) is 2. The molecule has 4 rings (SSSR count). The fraction of sp³-hybridized carbons (Fsp3) is 0.150. The molecule has 0 aliphatic carbocycles. The fourth-order valence-electron chi connectivity index (χ4n) is 2.92. The number of hydrogen-bond acceptors (Lipinski definition) is 6. The van der Waals surface area contributed by atoms with E-state index >= 15 is 0 Å². The van der Waals surface area contributed by atoms with Gasteiger partial charge in [-0.2, -0.15) is 0 Å². The highest BCUT2D eigenvalue weighted by Gasteiger charge is 2.15. The van der Waals surface area contributed by atoms with E-state index in [4.69, 9.17) is 9.47 Å². The lowest BCUT2D eigenvalue weighted by atomic mass is 10.1. The van der Waals surface area contributed by atoms with E-state index in [0.717, 1.165) is 16.7 Å². The zero-order valence-electron chi connectivity index (χ0n) is 15.1. The third kappa shape index (κ3) is 2.96. The van der Waals surface area contributed by atoms with Gasteiger partial charge in [0.2, 0.25) is 4.96 Å². The summed E-state index contributed by atoms with van der Waals surface area (Å²) in [5.74, 6) is 1.74. The SMILES string of the molecule is COc1cccc(C=c2sc3nnc(-c4ccc(C)cc4)n3c2=O)c1OC. The van der Waals surface area contributed by atoms with Crippen molar-refractivity contribution < 1.29 is 9.47 Å². The number of aromatic nitrogens is 3. The molecule has 0 radical (unpaired) electrons. The Bertz CT molecular complexity index is 1230. The van der Waals surface area contributed by atoms with Gasteiger partial charge >= 0.3 is 0 Å². The minimum atomic E-state index is -0.152. The Balaban J connectivity index is 1.90. The van der Waals surface area contributed by atoms with Gasteiger partial charge in [0.25, 0.3) is 5.56 Å². The topological polar surface area (TPSA) is 65.7 Å². The molecule has 0 aliphatic heterocycles. The van der Waals surface area contributed by atoms with Crippen LogP contribution in [-0.2, 0) is 0 Å². The molecule has 27 heavy (non-hydrogen) atoms. The van der Waals surface area contributed by atoms with Crippen LogP contribution in [0.25, 0.3) is 22.4 Å². The molecule has 6 nitrogen and oxygen atoms in total. The highest BCUT2D eigenvalue weighted by molar-refractivity contribution is 7.15. The molecule has 0 spiro atoms. The highest BCUT2D eigenvalue weighted by atomic mass is 32.1.